The van der Waals surface area contributed by atoms with Crippen molar-refractivity contribution in [3.63, 3.8) is 0 Å². The molecule has 1 aromatic carbocycles. The number of nitro benzene ring substituents is 1. The number of rotatable bonds is 3. The molecule has 4 nitrogen and oxygen atoms in total. The van der Waals surface area contributed by atoms with Crippen molar-refractivity contribution in [1.29, 1.82) is 0 Å². The zero-order valence-corrected chi connectivity index (χ0v) is 8.05. The van der Waals surface area contributed by atoms with Crippen LogP contribution in [0.25, 0.3) is 0 Å². The average molecular weight is 211 g/mol. The molecule has 0 aromatic heterocycles. The van der Waals surface area contributed by atoms with E-state index in [4.69, 9.17) is 0 Å². The maximum atomic E-state index is 13.2. The third kappa shape index (κ3) is 2.60. The SMILES string of the molecule is C/C=C/C(O)c1cc([N+](=O)[O-])ccc1F. The number of non-ortho nitro benzene ring substituents is 1. The fourth-order valence-electron chi connectivity index (χ4n) is 1.16. The van der Waals surface area contributed by atoms with Gasteiger partial charge in [0.15, 0.2) is 0 Å². The lowest BCUT2D eigenvalue weighted by molar-refractivity contribution is -0.385. The minimum Gasteiger partial charge on any atom is -0.384 e. The maximum Gasteiger partial charge on any atom is 0.270 e. The molecule has 0 bridgehead atoms. The third-order valence-corrected chi connectivity index (χ3v) is 1.88. The van der Waals surface area contributed by atoms with Gasteiger partial charge < -0.3 is 5.11 Å². The fraction of sp³-hybridized carbons (Fsp3) is 0.200. The summed E-state index contributed by atoms with van der Waals surface area (Å²) in [6.45, 7) is 1.67. The number of aliphatic hydroxyl groups is 1. The van der Waals surface area contributed by atoms with Crippen LogP contribution in [0, 0.1) is 15.9 Å². The number of aliphatic hydroxyl groups excluding tert-OH is 1. The molecular formula is C10H10FNO3. The number of nitro groups is 1. The third-order valence-electron chi connectivity index (χ3n) is 1.88. The summed E-state index contributed by atoms with van der Waals surface area (Å²) < 4.78 is 13.2. The number of halogens is 1. The van der Waals surface area contributed by atoms with Crippen LogP contribution in [0.5, 0.6) is 0 Å². The second kappa shape index (κ2) is 4.65. The molecule has 0 aliphatic carbocycles. The van der Waals surface area contributed by atoms with E-state index in [1.54, 1.807) is 13.0 Å². The normalized spacial score (nSPS) is 13.0. The fourth-order valence-corrected chi connectivity index (χ4v) is 1.16. The average Bonchev–Trinajstić information content (AvgIpc) is 2.18. The van der Waals surface area contributed by atoms with Gasteiger partial charge in [-0.2, -0.15) is 0 Å². The van der Waals surface area contributed by atoms with Crippen molar-refractivity contribution in [2.75, 3.05) is 0 Å². The topological polar surface area (TPSA) is 63.4 Å². The van der Waals surface area contributed by atoms with Crippen LogP contribution >= 0.6 is 0 Å². The highest BCUT2D eigenvalue weighted by molar-refractivity contribution is 5.37. The van der Waals surface area contributed by atoms with Gasteiger partial charge >= 0.3 is 0 Å². The smallest absolute Gasteiger partial charge is 0.270 e. The van der Waals surface area contributed by atoms with Gasteiger partial charge in [0, 0.05) is 17.7 Å². The summed E-state index contributed by atoms with van der Waals surface area (Å²) in [6, 6.07) is 3.06. The first-order valence-electron chi connectivity index (χ1n) is 4.31. The molecule has 1 aromatic rings. The lowest BCUT2D eigenvalue weighted by Crippen LogP contribution is -1.99. The highest BCUT2D eigenvalue weighted by Crippen LogP contribution is 2.23. The Morgan fingerprint density at radius 2 is 2.27 bits per heavy atom. The van der Waals surface area contributed by atoms with Crippen molar-refractivity contribution in [1.82, 2.24) is 0 Å². The molecule has 0 heterocycles. The summed E-state index contributed by atoms with van der Waals surface area (Å²) >= 11 is 0. The summed E-state index contributed by atoms with van der Waals surface area (Å²) in [7, 11) is 0. The first-order valence-corrected chi connectivity index (χ1v) is 4.31. The van der Waals surface area contributed by atoms with Crippen LogP contribution in [0.15, 0.2) is 30.4 Å². The van der Waals surface area contributed by atoms with Gasteiger partial charge in [0.25, 0.3) is 5.69 Å². The molecule has 0 saturated carbocycles. The minimum absolute atomic E-state index is 0.0951. The predicted molar refractivity (Wildman–Crippen MR) is 52.8 cm³/mol. The van der Waals surface area contributed by atoms with Crippen molar-refractivity contribution in [3.8, 4) is 0 Å². The van der Waals surface area contributed by atoms with E-state index in [1.807, 2.05) is 0 Å². The molecule has 0 amide bonds. The molecule has 15 heavy (non-hydrogen) atoms. The lowest BCUT2D eigenvalue weighted by atomic mass is 10.1. The van der Waals surface area contributed by atoms with E-state index < -0.39 is 16.8 Å². The summed E-state index contributed by atoms with van der Waals surface area (Å²) in [4.78, 5) is 9.79. The standard InChI is InChI=1S/C10H10FNO3/c1-2-3-10(13)8-6-7(12(14)15)4-5-9(8)11/h2-6,10,13H,1H3/b3-2+. The number of hydrogen-bond acceptors (Lipinski definition) is 3. The van der Waals surface area contributed by atoms with E-state index in [2.05, 4.69) is 0 Å². The Balaban J connectivity index is 3.15. The van der Waals surface area contributed by atoms with Gasteiger partial charge in [-0.05, 0) is 13.0 Å². The zero-order valence-electron chi connectivity index (χ0n) is 8.05. The molecule has 1 rings (SSSR count). The Kier molecular flexibility index (Phi) is 3.51. The summed E-state index contributed by atoms with van der Waals surface area (Å²) in [6.07, 6.45) is 1.74. The monoisotopic (exact) mass is 211 g/mol. The van der Waals surface area contributed by atoms with Crippen LogP contribution in [-0.2, 0) is 0 Å². The summed E-state index contributed by atoms with van der Waals surface area (Å²) in [5.74, 6) is -0.661. The molecule has 0 radical (unpaired) electrons. The molecule has 0 aliphatic heterocycles. The van der Waals surface area contributed by atoms with Crippen LogP contribution in [0.3, 0.4) is 0 Å². The predicted octanol–water partition coefficient (Wildman–Crippen LogP) is 2.34. The van der Waals surface area contributed by atoms with Crippen molar-refractivity contribution in [2.45, 2.75) is 13.0 Å². The summed E-state index contributed by atoms with van der Waals surface area (Å²) in [5, 5.41) is 19.9. The Morgan fingerprint density at radius 3 is 2.80 bits per heavy atom. The minimum atomic E-state index is -1.16. The van der Waals surface area contributed by atoms with E-state index in [0.29, 0.717) is 0 Å². The highest BCUT2D eigenvalue weighted by atomic mass is 19.1. The molecule has 0 aliphatic rings. The van der Waals surface area contributed by atoms with Crippen LogP contribution in [0.2, 0.25) is 0 Å². The zero-order chi connectivity index (χ0) is 11.4. The van der Waals surface area contributed by atoms with Gasteiger partial charge in [0.05, 0.1) is 4.92 Å². The van der Waals surface area contributed by atoms with Gasteiger partial charge in [-0.25, -0.2) is 4.39 Å². The molecule has 1 atom stereocenters. The molecule has 5 heteroatoms. The molecule has 1 N–H and O–H groups in total. The first kappa shape index (κ1) is 11.3. The number of allylic oxidation sites excluding steroid dienone is 1. The maximum absolute atomic E-state index is 13.2. The molecular weight excluding hydrogens is 201 g/mol. The van der Waals surface area contributed by atoms with Crippen LogP contribution < -0.4 is 0 Å². The van der Waals surface area contributed by atoms with Gasteiger partial charge in [-0.1, -0.05) is 12.2 Å². The highest BCUT2D eigenvalue weighted by Gasteiger charge is 2.15. The number of nitrogens with zero attached hydrogens (tertiary/aromatic N) is 1. The molecule has 1 unspecified atom stereocenters. The van der Waals surface area contributed by atoms with Crippen LogP contribution in [-0.4, -0.2) is 10.0 Å². The molecule has 0 fully saturated rings. The van der Waals surface area contributed by atoms with Crippen molar-refractivity contribution < 1.29 is 14.4 Å². The van der Waals surface area contributed by atoms with Gasteiger partial charge in [-0.3, -0.25) is 10.1 Å². The first-order chi connectivity index (χ1) is 7.06. The van der Waals surface area contributed by atoms with E-state index in [1.165, 1.54) is 6.08 Å². The van der Waals surface area contributed by atoms with E-state index >= 15 is 0 Å². The Morgan fingerprint density at radius 1 is 1.60 bits per heavy atom. The van der Waals surface area contributed by atoms with Crippen molar-refractivity contribution in [2.24, 2.45) is 0 Å². The quantitative estimate of drug-likeness (QED) is 0.474. The molecule has 0 saturated heterocycles. The number of benzene rings is 1. The van der Waals surface area contributed by atoms with E-state index in [0.717, 1.165) is 18.2 Å². The summed E-state index contributed by atoms with van der Waals surface area (Å²) in [5.41, 5.74) is -0.336. The number of hydrogen-bond donors (Lipinski definition) is 1. The Bertz CT molecular complexity index is 404. The van der Waals surface area contributed by atoms with E-state index in [-0.39, 0.29) is 11.3 Å². The van der Waals surface area contributed by atoms with Gasteiger partial charge in [0.2, 0.25) is 0 Å². The largest absolute Gasteiger partial charge is 0.384 e. The Hall–Kier alpha value is -1.75. The second-order valence-corrected chi connectivity index (χ2v) is 2.93. The van der Waals surface area contributed by atoms with Crippen molar-refractivity contribution >= 4 is 5.69 Å². The lowest BCUT2D eigenvalue weighted by Gasteiger charge is -2.06. The molecule has 0 spiro atoms. The van der Waals surface area contributed by atoms with Gasteiger partial charge in [0.1, 0.15) is 11.9 Å². The van der Waals surface area contributed by atoms with Crippen LogP contribution in [0.1, 0.15) is 18.6 Å². The van der Waals surface area contributed by atoms with Crippen molar-refractivity contribution in [3.05, 3.63) is 51.8 Å². The Labute approximate surface area is 85.8 Å². The van der Waals surface area contributed by atoms with Gasteiger partial charge in [-0.15, -0.1) is 0 Å². The second-order valence-electron chi connectivity index (χ2n) is 2.93. The van der Waals surface area contributed by atoms with Crippen LogP contribution in [0.4, 0.5) is 10.1 Å². The molecule has 80 valence electrons. The van der Waals surface area contributed by atoms with E-state index in [9.17, 15) is 19.6 Å².